The first-order valence-corrected chi connectivity index (χ1v) is 10.5. The molecule has 1 N–H and O–H groups in total. The molecule has 0 spiro atoms. The van der Waals surface area contributed by atoms with E-state index in [4.69, 9.17) is 4.74 Å². The highest BCUT2D eigenvalue weighted by Crippen LogP contribution is 2.16. The van der Waals surface area contributed by atoms with Gasteiger partial charge in [0.25, 0.3) is 0 Å². The Balaban J connectivity index is 1.21. The van der Waals surface area contributed by atoms with E-state index in [0.717, 1.165) is 36.1 Å². The van der Waals surface area contributed by atoms with Crippen molar-refractivity contribution in [2.45, 2.75) is 33.2 Å². The zero-order valence-corrected chi connectivity index (χ0v) is 17.2. The average molecular weight is 405 g/mol. The average Bonchev–Trinajstić information content (AvgIpc) is 3.41. The van der Waals surface area contributed by atoms with Crippen LogP contribution < -0.4 is 10.1 Å². The molecule has 0 aliphatic heterocycles. The van der Waals surface area contributed by atoms with Gasteiger partial charge < -0.3 is 10.1 Å². The first-order valence-electron chi connectivity index (χ1n) is 9.63. The summed E-state index contributed by atoms with van der Waals surface area (Å²) in [5, 5.41) is 10.8. The molecule has 2 aromatic carbocycles. The molecule has 0 amide bonds. The number of ether oxygens (including phenoxy) is 1. The van der Waals surface area contributed by atoms with Crippen molar-refractivity contribution in [2.75, 3.05) is 0 Å². The molecule has 4 rings (SSSR count). The third kappa shape index (κ3) is 5.76. The smallest absolute Gasteiger partial charge is 0.140 e. The molecule has 2 heterocycles. The van der Waals surface area contributed by atoms with Gasteiger partial charge in [0.15, 0.2) is 0 Å². The summed E-state index contributed by atoms with van der Waals surface area (Å²) in [5.74, 6) is 0.876. The summed E-state index contributed by atoms with van der Waals surface area (Å²) in [6.07, 6.45) is 3.78. The van der Waals surface area contributed by atoms with Gasteiger partial charge in [0.05, 0.1) is 12.2 Å². The SMILES string of the molecule is Cc1ccc(OCc2nc(CNCc3ccc(Cn4cccn4)cc3)cs2)cc1. The Morgan fingerprint density at radius 1 is 1.00 bits per heavy atom. The molecular weight excluding hydrogens is 380 g/mol. The summed E-state index contributed by atoms with van der Waals surface area (Å²) in [4.78, 5) is 4.65. The molecule has 0 bridgehead atoms. The van der Waals surface area contributed by atoms with Crippen LogP contribution in [0.4, 0.5) is 0 Å². The molecule has 148 valence electrons. The van der Waals surface area contributed by atoms with Crippen molar-refractivity contribution in [1.82, 2.24) is 20.1 Å². The molecule has 0 radical (unpaired) electrons. The van der Waals surface area contributed by atoms with Gasteiger partial charge in [0.2, 0.25) is 0 Å². The highest BCUT2D eigenvalue weighted by atomic mass is 32.1. The molecule has 0 aliphatic carbocycles. The minimum atomic E-state index is 0.505. The Morgan fingerprint density at radius 3 is 2.55 bits per heavy atom. The summed E-state index contributed by atoms with van der Waals surface area (Å²) in [6, 6.07) is 18.7. The van der Waals surface area contributed by atoms with E-state index in [1.54, 1.807) is 17.5 Å². The number of aromatic nitrogens is 3. The predicted molar refractivity (Wildman–Crippen MR) is 116 cm³/mol. The second-order valence-corrected chi connectivity index (χ2v) is 7.90. The second-order valence-electron chi connectivity index (χ2n) is 6.96. The van der Waals surface area contributed by atoms with Crippen LogP contribution in [-0.2, 0) is 26.2 Å². The van der Waals surface area contributed by atoms with Gasteiger partial charge in [-0.05, 0) is 36.2 Å². The van der Waals surface area contributed by atoms with Crippen molar-refractivity contribution >= 4 is 11.3 Å². The Kier molecular flexibility index (Phi) is 6.34. The van der Waals surface area contributed by atoms with Gasteiger partial charge in [-0.15, -0.1) is 11.3 Å². The number of hydrogen-bond acceptors (Lipinski definition) is 5. The van der Waals surface area contributed by atoms with Gasteiger partial charge in [-0.3, -0.25) is 4.68 Å². The Bertz CT molecular complexity index is 1010. The van der Waals surface area contributed by atoms with Crippen molar-refractivity contribution in [3.8, 4) is 5.75 Å². The van der Waals surface area contributed by atoms with E-state index in [1.807, 2.05) is 29.1 Å². The summed E-state index contributed by atoms with van der Waals surface area (Å²) in [5.41, 5.74) is 4.78. The standard InChI is InChI=1S/C23H24N4OS/c1-18-3-9-22(10-4-18)28-16-23-26-21(17-29-23)14-24-13-19-5-7-20(8-6-19)15-27-12-2-11-25-27/h2-12,17,24H,13-16H2,1H3. The van der Waals surface area contributed by atoms with E-state index in [-0.39, 0.29) is 0 Å². The highest BCUT2D eigenvalue weighted by molar-refractivity contribution is 7.09. The van der Waals surface area contributed by atoms with Gasteiger partial charge in [-0.25, -0.2) is 4.98 Å². The maximum Gasteiger partial charge on any atom is 0.140 e. The molecule has 0 saturated heterocycles. The number of aryl methyl sites for hydroxylation is 1. The molecule has 0 saturated carbocycles. The lowest BCUT2D eigenvalue weighted by atomic mass is 10.1. The fourth-order valence-electron chi connectivity index (χ4n) is 2.95. The van der Waals surface area contributed by atoms with E-state index >= 15 is 0 Å². The van der Waals surface area contributed by atoms with E-state index in [2.05, 4.69) is 64.1 Å². The second kappa shape index (κ2) is 9.49. The number of benzene rings is 2. The van der Waals surface area contributed by atoms with Crippen molar-refractivity contribution in [3.63, 3.8) is 0 Å². The predicted octanol–water partition coefficient (Wildman–Crippen LogP) is 4.57. The fraction of sp³-hybridized carbons (Fsp3) is 0.217. The molecule has 0 fully saturated rings. The number of nitrogens with one attached hydrogen (secondary N) is 1. The van der Waals surface area contributed by atoms with Crippen LogP contribution in [0.25, 0.3) is 0 Å². The van der Waals surface area contributed by atoms with Crippen LogP contribution in [0.1, 0.15) is 27.4 Å². The van der Waals surface area contributed by atoms with E-state index in [0.29, 0.717) is 6.61 Å². The van der Waals surface area contributed by atoms with Crippen molar-refractivity contribution in [1.29, 1.82) is 0 Å². The summed E-state index contributed by atoms with van der Waals surface area (Å²) >= 11 is 1.64. The van der Waals surface area contributed by atoms with Crippen molar-refractivity contribution < 1.29 is 4.74 Å². The zero-order valence-electron chi connectivity index (χ0n) is 16.4. The molecular formula is C23H24N4OS. The number of rotatable bonds is 9. The van der Waals surface area contributed by atoms with Crippen LogP contribution in [0.15, 0.2) is 72.4 Å². The van der Waals surface area contributed by atoms with Crippen LogP contribution in [-0.4, -0.2) is 14.8 Å². The van der Waals surface area contributed by atoms with Crippen LogP contribution in [0, 0.1) is 6.92 Å². The first-order chi connectivity index (χ1) is 14.2. The van der Waals surface area contributed by atoms with Crippen molar-refractivity contribution in [2.24, 2.45) is 0 Å². The molecule has 2 aromatic heterocycles. The Morgan fingerprint density at radius 2 is 1.79 bits per heavy atom. The minimum absolute atomic E-state index is 0.505. The zero-order chi connectivity index (χ0) is 19.9. The lowest BCUT2D eigenvalue weighted by molar-refractivity contribution is 0.305. The molecule has 0 aliphatic rings. The van der Waals surface area contributed by atoms with E-state index in [1.165, 1.54) is 16.7 Å². The van der Waals surface area contributed by atoms with Crippen molar-refractivity contribution in [3.05, 3.63) is 99.8 Å². The van der Waals surface area contributed by atoms with Crippen LogP contribution in [0.5, 0.6) is 5.75 Å². The molecule has 4 aromatic rings. The number of thiazole rings is 1. The molecule has 6 heteroatoms. The minimum Gasteiger partial charge on any atom is -0.486 e. The van der Waals surface area contributed by atoms with E-state index < -0.39 is 0 Å². The fourth-order valence-corrected chi connectivity index (χ4v) is 3.66. The maximum absolute atomic E-state index is 5.80. The van der Waals surface area contributed by atoms with E-state index in [9.17, 15) is 0 Å². The Hall–Kier alpha value is -2.96. The topological polar surface area (TPSA) is 52.0 Å². The highest BCUT2D eigenvalue weighted by Gasteiger charge is 2.04. The molecule has 29 heavy (non-hydrogen) atoms. The summed E-state index contributed by atoms with van der Waals surface area (Å²) in [7, 11) is 0. The molecule has 5 nitrogen and oxygen atoms in total. The van der Waals surface area contributed by atoms with Gasteiger partial charge in [-0.1, -0.05) is 42.0 Å². The molecule has 0 unspecified atom stereocenters. The summed E-state index contributed by atoms with van der Waals surface area (Å²) < 4.78 is 7.73. The normalized spacial score (nSPS) is 10.9. The largest absolute Gasteiger partial charge is 0.486 e. The van der Waals surface area contributed by atoms with Crippen LogP contribution in [0.2, 0.25) is 0 Å². The van der Waals surface area contributed by atoms with Crippen LogP contribution in [0.3, 0.4) is 0 Å². The lowest BCUT2D eigenvalue weighted by Crippen LogP contribution is -2.13. The molecule has 0 atom stereocenters. The third-order valence-electron chi connectivity index (χ3n) is 4.54. The maximum atomic E-state index is 5.80. The quantitative estimate of drug-likeness (QED) is 0.444. The van der Waals surface area contributed by atoms with Gasteiger partial charge >= 0.3 is 0 Å². The van der Waals surface area contributed by atoms with Gasteiger partial charge in [-0.2, -0.15) is 5.10 Å². The third-order valence-corrected chi connectivity index (χ3v) is 5.42. The summed E-state index contributed by atoms with van der Waals surface area (Å²) in [6.45, 7) is 4.93. The van der Waals surface area contributed by atoms with Gasteiger partial charge in [0.1, 0.15) is 17.4 Å². The Labute approximate surface area is 175 Å². The number of hydrogen-bond donors (Lipinski definition) is 1. The monoisotopic (exact) mass is 404 g/mol. The lowest BCUT2D eigenvalue weighted by Gasteiger charge is -2.06. The number of nitrogens with zero attached hydrogens (tertiary/aromatic N) is 3. The first kappa shape index (κ1) is 19.4. The van der Waals surface area contributed by atoms with Gasteiger partial charge in [0, 0.05) is 30.9 Å². The van der Waals surface area contributed by atoms with Crippen LogP contribution >= 0.6 is 11.3 Å².